The molecule has 2 aromatic carbocycles. The molecule has 25 heavy (non-hydrogen) atoms. The van der Waals surface area contributed by atoms with Gasteiger partial charge in [0.1, 0.15) is 0 Å². The van der Waals surface area contributed by atoms with E-state index in [1.165, 1.54) is 16.7 Å². The number of anilines is 2. The number of hydrogen-bond acceptors (Lipinski definition) is 4. The van der Waals surface area contributed by atoms with Crippen molar-refractivity contribution in [1.29, 1.82) is 0 Å². The summed E-state index contributed by atoms with van der Waals surface area (Å²) in [5.74, 6) is -0.590. The molecule has 0 aliphatic carbocycles. The summed E-state index contributed by atoms with van der Waals surface area (Å²) in [4.78, 5) is 37.9. The van der Waals surface area contributed by atoms with Crippen LogP contribution in [0.25, 0.3) is 0 Å². The molecule has 1 unspecified atom stereocenters. The predicted octanol–water partition coefficient (Wildman–Crippen LogP) is 3.45. The van der Waals surface area contributed by atoms with E-state index >= 15 is 0 Å². The highest BCUT2D eigenvalue weighted by atomic mass is 79.9. The fourth-order valence-electron chi connectivity index (χ4n) is 2.49. The maximum absolute atomic E-state index is 12.5. The van der Waals surface area contributed by atoms with Gasteiger partial charge in [-0.05, 0) is 36.4 Å². The van der Waals surface area contributed by atoms with Crippen molar-refractivity contribution in [2.75, 3.05) is 16.0 Å². The minimum atomic E-state index is -0.525. The van der Waals surface area contributed by atoms with Gasteiger partial charge in [0.05, 0.1) is 16.7 Å². The number of carbonyl (C=O) groups excluding carboxylic acids is 3. The molecule has 0 spiro atoms. The van der Waals surface area contributed by atoms with E-state index in [0.29, 0.717) is 11.4 Å². The van der Waals surface area contributed by atoms with E-state index in [9.17, 15) is 14.4 Å². The van der Waals surface area contributed by atoms with Gasteiger partial charge in [-0.15, -0.1) is 11.8 Å². The molecule has 2 aromatic rings. The van der Waals surface area contributed by atoms with Crippen molar-refractivity contribution < 1.29 is 14.4 Å². The molecule has 0 radical (unpaired) electrons. The molecule has 5 nitrogen and oxygen atoms in total. The molecule has 128 valence electrons. The smallest absolute Gasteiger partial charge is 0.247 e. The molecule has 7 heteroatoms. The number of halogens is 1. The second kappa shape index (κ2) is 7.84. The van der Waals surface area contributed by atoms with Crippen LogP contribution in [0.2, 0.25) is 0 Å². The van der Waals surface area contributed by atoms with E-state index in [-0.39, 0.29) is 29.9 Å². The number of benzene rings is 2. The molecule has 0 saturated carbocycles. The van der Waals surface area contributed by atoms with Crippen LogP contribution in [0.5, 0.6) is 0 Å². The number of thioether (sulfide) groups is 1. The maximum atomic E-state index is 12.5. The quantitative estimate of drug-likeness (QED) is 0.754. The van der Waals surface area contributed by atoms with E-state index in [2.05, 4.69) is 21.2 Å². The highest BCUT2D eigenvalue weighted by Gasteiger charge is 2.39. The fraction of sp³-hybridized carbons (Fsp3) is 0.167. The van der Waals surface area contributed by atoms with Crippen molar-refractivity contribution in [3.8, 4) is 0 Å². The zero-order chi connectivity index (χ0) is 17.8. The van der Waals surface area contributed by atoms with E-state index in [1.807, 2.05) is 18.2 Å². The minimum absolute atomic E-state index is 0.113. The Morgan fingerprint density at radius 1 is 1.12 bits per heavy atom. The zero-order valence-electron chi connectivity index (χ0n) is 13.1. The lowest BCUT2D eigenvalue weighted by Gasteiger charge is -2.14. The number of nitrogens with zero attached hydrogens (tertiary/aromatic N) is 1. The van der Waals surface area contributed by atoms with Gasteiger partial charge < -0.3 is 5.32 Å². The fourth-order valence-corrected chi connectivity index (χ4v) is 3.69. The summed E-state index contributed by atoms with van der Waals surface area (Å²) >= 11 is 4.52. The number of nitrogens with one attached hydrogen (secondary N) is 1. The number of carbonyl (C=O) groups is 3. The van der Waals surface area contributed by atoms with Crippen LogP contribution in [0.4, 0.5) is 11.4 Å². The molecule has 1 saturated heterocycles. The first-order valence-corrected chi connectivity index (χ1v) is 9.47. The van der Waals surface area contributed by atoms with Gasteiger partial charge in [0.2, 0.25) is 17.7 Å². The molecule has 3 amide bonds. The van der Waals surface area contributed by atoms with Crippen molar-refractivity contribution in [3.05, 3.63) is 59.1 Å². The Labute approximate surface area is 157 Å². The monoisotopic (exact) mass is 418 g/mol. The van der Waals surface area contributed by atoms with Crippen molar-refractivity contribution in [1.82, 2.24) is 0 Å². The SMILES string of the molecule is O=C(CSC1CC(=O)N(c2ccccc2)C1=O)Nc1ccc(Br)cc1. The van der Waals surface area contributed by atoms with Gasteiger partial charge in [0.15, 0.2) is 0 Å². The van der Waals surface area contributed by atoms with Crippen LogP contribution in [0.15, 0.2) is 59.1 Å². The molecule has 1 aliphatic rings. The van der Waals surface area contributed by atoms with Crippen LogP contribution >= 0.6 is 27.7 Å². The molecule has 0 bridgehead atoms. The van der Waals surface area contributed by atoms with E-state index in [1.54, 1.807) is 36.4 Å². The first-order valence-electron chi connectivity index (χ1n) is 7.63. The summed E-state index contributed by atoms with van der Waals surface area (Å²) in [5.41, 5.74) is 1.26. The second-order valence-corrected chi connectivity index (χ2v) is 7.57. The zero-order valence-corrected chi connectivity index (χ0v) is 15.5. The topological polar surface area (TPSA) is 66.5 Å². The first kappa shape index (κ1) is 17.7. The molecule has 1 fully saturated rings. The highest BCUT2D eigenvalue weighted by molar-refractivity contribution is 9.10. The molecular formula is C18H15BrN2O3S. The van der Waals surface area contributed by atoms with Crippen molar-refractivity contribution in [2.24, 2.45) is 0 Å². The van der Waals surface area contributed by atoms with Crippen LogP contribution in [0.1, 0.15) is 6.42 Å². The Kier molecular flexibility index (Phi) is 5.55. The van der Waals surface area contributed by atoms with E-state index in [4.69, 9.17) is 0 Å². The number of para-hydroxylation sites is 1. The molecule has 3 rings (SSSR count). The molecule has 1 atom stereocenters. The van der Waals surface area contributed by atoms with E-state index in [0.717, 1.165) is 4.47 Å². The number of imide groups is 1. The van der Waals surface area contributed by atoms with Crippen molar-refractivity contribution >= 4 is 56.8 Å². The number of amides is 3. The van der Waals surface area contributed by atoms with Gasteiger partial charge in [0.25, 0.3) is 0 Å². The third kappa shape index (κ3) is 4.29. The van der Waals surface area contributed by atoms with Crippen LogP contribution in [-0.4, -0.2) is 28.7 Å². The lowest BCUT2D eigenvalue weighted by molar-refractivity contribution is -0.121. The third-order valence-corrected chi connectivity index (χ3v) is 5.39. The average Bonchev–Trinajstić information content (AvgIpc) is 2.89. The molecule has 1 aliphatic heterocycles. The molecule has 0 aromatic heterocycles. The molecular weight excluding hydrogens is 404 g/mol. The second-order valence-electron chi connectivity index (χ2n) is 5.46. The van der Waals surface area contributed by atoms with Gasteiger partial charge >= 0.3 is 0 Å². The highest BCUT2D eigenvalue weighted by Crippen LogP contribution is 2.29. The number of hydrogen-bond donors (Lipinski definition) is 1. The Morgan fingerprint density at radius 3 is 2.48 bits per heavy atom. The normalized spacial score (nSPS) is 17.0. The summed E-state index contributed by atoms with van der Waals surface area (Å²) in [7, 11) is 0. The van der Waals surface area contributed by atoms with Crippen molar-refractivity contribution in [3.63, 3.8) is 0 Å². The van der Waals surface area contributed by atoms with E-state index < -0.39 is 5.25 Å². The Hall–Kier alpha value is -2.12. The van der Waals surface area contributed by atoms with Crippen LogP contribution in [-0.2, 0) is 14.4 Å². The standard InChI is InChI=1S/C18H15BrN2O3S/c19-12-6-8-13(9-7-12)20-16(22)11-25-15-10-17(23)21(18(15)24)14-4-2-1-3-5-14/h1-9,15H,10-11H2,(H,20,22). The van der Waals surface area contributed by atoms with Crippen LogP contribution in [0, 0.1) is 0 Å². The van der Waals surface area contributed by atoms with Crippen LogP contribution in [0.3, 0.4) is 0 Å². The molecule has 1 heterocycles. The Balaban J connectivity index is 1.57. The predicted molar refractivity (Wildman–Crippen MR) is 103 cm³/mol. The summed E-state index contributed by atoms with van der Waals surface area (Å²) in [6.45, 7) is 0. The van der Waals surface area contributed by atoms with Gasteiger partial charge in [0, 0.05) is 16.6 Å². The lowest BCUT2D eigenvalue weighted by atomic mass is 10.3. The number of rotatable bonds is 5. The van der Waals surface area contributed by atoms with Crippen molar-refractivity contribution in [2.45, 2.75) is 11.7 Å². The van der Waals surface area contributed by atoms with Gasteiger partial charge in [-0.2, -0.15) is 0 Å². The largest absolute Gasteiger partial charge is 0.325 e. The van der Waals surface area contributed by atoms with Gasteiger partial charge in [-0.25, -0.2) is 4.90 Å². The summed E-state index contributed by atoms with van der Waals surface area (Å²) < 4.78 is 0.927. The first-order chi connectivity index (χ1) is 12.0. The Bertz CT molecular complexity index is 796. The lowest BCUT2D eigenvalue weighted by Crippen LogP contribution is -2.31. The molecule has 1 N–H and O–H groups in total. The van der Waals surface area contributed by atoms with Gasteiger partial charge in [-0.3, -0.25) is 14.4 Å². The Morgan fingerprint density at radius 2 is 1.80 bits per heavy atom. The maximum Gasteiger partial charge on any atom is 0.247 e. The third-order valence-electron chi connectivity index (χ3n) is 3.66. The summed E-state index contributed by atoms with van der Waals surface area (Å²) in [6, 6.07) is 16.1. The average molecular weight is 419 g/mol. The van der Waals surface area contributed by atoms with Crippen LogP contribution < -0.4 is 10.2 Å². The minimum Gasteiger partial charge on any atom is -0.325 e. The summed E-state index contributed by atoms with van der Waals surface area (Å²) in [5, 5.41) is 2.25. The summed E-state index contributed by atoms with van der Waals surface area (Å²) in [6.07, 6.45) is 0.115. The van der Waals surface area contributed by atoms with Gasteiger partial charge in [-0.1, -0.05) is 34.1 Å².